The van der Waals surface area contributed by atoms with Crippen molar-refractivity contribution in [2.45, 2.75) is 89.6 Å². The Morgan fingerprint density at radius 2 is 1.81 bits per heavy atom. The molecule has 43 heavy (non-hydrogen) atoms. The van der Waals surface area contributed by atoms with E-state index in [-0.39, 0.29) is 15.7 Å². The third kappa shape index (κ3) is 5.47. The van der Waals surface area contributed by atoms with Crippen molar-refractivity contribution in [3.05, 3.63) is 47.4 Å². The van der Waals surface area contributed by atoms with Crippen molar-refractivity contribution in [3.63, 3.8) is 0 Å². The van der Waals surface area contributed by atoms with Crippen LogP contribution in [0.3, 0.4) is 0 Å². The number of ether oxygens (including phenoxy) is 1. The summed E-state index contributed by atoms with van der Waals surface area (Å²) in [5.74, 6) is 1.54. The predicted molar refractivity (Wildman–Crippen MR) is 161 cm³/mol. The molecule has 1 N–H and O–H groups in total. The summed E-state index contributed by atoms with van der Waals surface area (Å²) in [6.07, 6.45) is 15.7. The fraction of sp³-hybridized carbons (Fsp3) is 0.613. The van der Waals surface area contributed by atoms with Gasteiger partial charge < -0.3 is 4.74 Å². The summed E-state index contributed by atoms with van der Waals surface area (Å²) in [6.45, 7) is 5.90. The predicted octanol–water partition coefficient (Wildman–Crippen LogP) is 5.80. The van der Waals surface area contributed by atoms with E-state index in [2.05, 4.69) is 33.8 Å². The van der Waals surface area contributed by atoms with E-state index in [0.29, 0.717) is 47.0 Å². The SMILES string of the molecule is CC1(C)CCC(CCCn2ccc(S(=O)(=O)NC(=O)c3ccc(-n4ccc(OCCC5C6(CC6)C56CC6)n4)nc3Cl)n2)C1. The monoisotopic (exact) mass is 626 g/mol. The lowest BCUT2D eigenvalue weighted by Crippen LogP contribution is -2.31. The van der Waals surface area contributed by atoms with Crippen molar-refractivity contribution < 1.29 is 17.9 Å². The maximum atomic E-state index is 12.9. The molecule has 1 amide bonds. The Labute approximate surface area is 257 Å². The standard InChI is InChI=1S/C31H39ClN6O4S/c1-29(2)11-7-21(20-29)4-3-16-37-17-9-26(35-37)43(40,41)36-28(39)22-5-6-24(33-27(22)32)38-18-8-25(34-38)42-19-10-23-30(12-13-30)31(23)14-15-31/h5-6,8-9,17-18,21,23H,3-4,7,10-16,19-20H2,1-2H3,(H,36,39). The number of sulfonamides is 1. The molecule has 3 heterocycles. The van der Waals surface area contributed by atoms with Gasteiger partial charge in [-0.3, -0.25) is 9.48 Å². The summed E-state index contributed by atoms with van der Waals surface area (Å²) in [5, 5.41) is 8.28. The second-order valence-corrected chi connectivity index (χ2v) is 15.9. The van der Waals surface area contributed by atoms with Gasteiger partial charge in [-0.15, -0.1) is 5.10 Å². The first-order valence-electron chi connectivity index (χ1n) is 15.5. The molecule has 10 nitrogen and oxygen atoms in total. The zero-order chi connectivity index (χ0) is 30.0. The normalized spacial score (nSPS) is 22.6. The fourth-order valence-corrected chi connectivity index (χ4v) is 9.23. The van der Waals surface area contributed by atoms with E-state index >= 15 is 0 Å². The summed E-state index contributed by atoms with van der Waals surface area (Å²) >= 11 is 6.32. The lowest BCUT2D eigenvalue weighted by atomic mass is 9.89. The molecule has 4 saturated carbocycles. The average Bonchev–Trinajstić information content (AvgIpc) is 3.86. The fourth-order valence-electron chi connectivity index (χ4n) is 8.08. The highest BCUT2D eigenvalue weighted by Crippen LogP contribution is 2.93. The van der Waals surface area contributed by atoms with E-state index in [4.69, 9.17) is 16.3 Å². The molecule has 4 aliphatic carbocycles. The number of hydrogen-bond acceptors (Lipinski definition) is 7. The first-order valence-corrected chi connectivity index (χ1v) is 17.3. The number of rotatable bonds is 12. The molecule has 7 rings (SSSR count). The number of pyridine rings is 1. The van der Waals surface area contributed by atoms with Crippen molar-refractivity contribution in [1.82, 2.24) is 29.3 Å². The number of amides is 1. The van der Waals surface area contributed by atoms with Gasteiger partial charge in [0.15, 0.2) is 10.8 Å². The molecule has 0 bridgehead atoms. The van der Waals surface area contributed by atoms with Gasteiger partial charge in [0.25, 0.3) is 15.9 Å². The molecule has 0 aromatic carbocycles. The lowest BCUT2D eigenvalue weighted by molar-refractivity contribution is 0.0981. The zero-order valence-corrected chi connectivity index (χ0v) is 26.3. The molecule has 0 saturated heterocycles. The van der Waals surface area contributed by atoms with Crippen LogP contribution >= 0.6 is 11.6 Å². The molecule has 12 heteroatoms. The first-order chi connectivity index (χ1) is 20.5. The summed E-state index contributed by atoms with van der Waals surface area (Å²) in [7, 11) is -4.19. The smallest absolute Gasteiger partial charge is 0.283 e. The molecule has 0 aliphatic heterocycles. The molecule has 4 fully saturated rings. The number of halogens is 1. The second-order valence-electron chi connectivity index (χ2n) is 13.9. The highest BCUT2D eigenvalue weighted by Gasteiger charge is 2.85. The van der Waals surface area contributed by atoms with Gasteiger partial charge >= 0.3 is 0 Å². The Hall–Kier alpha value is -2.92. The van der Waals surface area contributed by atoms with Crippen LogP contribution < -0.4 is 9.46 Å². The van der Waals surface area contributed by atoms with Crippen LogP contribution in [0.15, 0.2) is 41.7 Å². The van der Waals surface area contributed by atoms with Crippen LogP contribution in [0.5, 0.6) is 5.88 Å². The lowest BCUT2D eigenvalue weighted by Gasteiger charge is -2.17. The highest BCUT2D eigenvalue weighted by molar-refractivity contribution is 7.90. The van der Waals surface area contributed by atoms with Gasteiger partial charge in [0, 0.05) is 25.0 Å². The summed E-state index contributed by atoms with van der Waals surface area (Å²) in [4.78, 5) is 17.1. The van der Waals surface area contributed by atoms with Crippen molar-refractivity contribution in [1.29, 1.82) is 0 Å². The van der Waals surface area contributed by atoms with Crippen LogP contribution in [0.4, 0.5) is 0 Å². The van der Waals surface area contributed by atoms with Gasteiger partial charge in [0.05, 0.1) is 12.2 Å². The molecule has 1 unspecified atom stereocenters. The van der Waals surface area contributed by atoms with Crippen LogP contribution in [-0.4, -0.2) is 45.5 Å². The van der Waals surface area contributed by atoms with Gasteiger partial charge in [0.2, 0.25) is 5.88 Å². The topological polar surface area (TPSA) is 121 Å². The van der Waals surface area contributed by atoms with Crippen molar-refractivity contribution in [3.8, 4) is 11.7 Å². The molecule has 1 atom stereocenters. The van der Waals surface area contributed by atoms with E-state index in [1.807, 2.05) is 0 Å². The largest absolute Gasteiger partial charge is 0.477 e. The number of fused-ring (bicyclic) bond motifs is 1. The number of aromatic nitrogens is 5. The maximum Gasteiger partial charge on any atom is 0.283 e. The molecule has 3 aromatic rings. The number of hydrogen-bond donors (Lipinski definition) is 1. The van der Waals surface area contributed by atoms with Gasteiger partial charge in [-0.1, -0.05) is 25.4 Å². The highest BCUT2D eigenvalue weighted by atomic mass is 35.5. The zero-order valence-electron chi connectivity index (χ0n) is 24.8. The third-order valence-corrected chi connectivity index (χ3v) is 12.1. The molecular weight excluding hydrogens is 588 g/mol. The van der Waals surface area contributed by atoms with E-state index in [9.17, 15) is 13.2 Å². The maximum absolute atomic E-state index is 12.9. The van der Waals surface area contributed by atoms with E-state index < -0.39 is 15.9 Å². The minimum atomic E-state index is -4.19. The quantitative estimate of drug-likeness (QED) is 0.252. The van der Waals surface area contributed by atoms with Crippen molar-refractivity contribution >= 4 is 27.5 Å². The van der Waals surface area contributed by atoms with E-state index in [1.165, 1.54) is 61.8 Å². The van der Waals surface area contributed by atoms with Gasteiger partial charge in [-0.05, 0) is 110 Å². The Morgan fingerprint density at radius 1 is 1.05 bits per heavy atom. The molecule has 3 aromatic heterocycles. The van der Waals surface area contributed by atoms with Gasteiger partial charge in [-0.2, -0.15) is 13.5 Å². The van der Waals surface area contributed by atoms with Gasteiger partial charge in [-0.25, -0.2) is 14.4 Å². The third-order valence-electron chi connectivity index (χ3n) is 10.5. The molecule has 0 radical (unpaired) electrons. The Morgan fingerprint density at radius 3 is 2.49 bits per heavy atom. The summed E-state index contributed by atoms with van der Waals surface area (Å²) in [6, 6.07) is 6.15. The molecular formula is C31H39ClN6O4S. The molecule has 2 spiro atoms. The van der Waals surface area contributed by atoms with Crippen LogP contribution in [0.25, 0.3) is 5.82 Å². The number of carbonyl (C=O) groups excluding carboxylic acids is 1. The Balaban J connectivity index is 0.913. The first kappa shape index (κ1) is 28.8. The minimum Gasteiger partial charge on any atom is -0.477 e. The number of nitrogens with zero attached hydrogens (tertiary/aromatic N) is 5. The molecule has 230 valence electrons. The van der Waals surface area contributed by atoms with Crippen LogP contribution in [0.1, 0.15) is 88.4 Å². The van der Waals surface area contributed by atoms with E-state index in [1.54, 1.807) is 29.2 Å². The van der Waals surface area contributed by atoms with Crippen molar-refractivity contribution in [2.75, 3.05) is 6.61 Å². The Bertz CT molecular complexity index is 1640. The summed E-state index contributed by atoms with van der Waals surface area (Å²) in [5.41, 5.74) is 1.68. The minimum absolute atomic E-state index is 0.0658. The number of nitrogens with one attached hydrogen (secondary N) is 1. The van der Waals surface area contributed by atoms with Crippen LogP contribution in [-0.2, 0) is 16.6 Å². The van der Waals surface area contributed by atoms with Crippen LogP contribution in [0.2, 0.25) is 5.15 Å². The number of aryl methyl sites for hydroxylation is 1. The van der Waals surface area contributed by atoms with Crippen molar-refractivity contribution in [2.24, 2.45) is 28.1 Å². The summed E-state index contributed by atoms with van der Waals surface area (Å²) < 4.78 is 36.9. The number of carbonyl (C=O) groups is 1. The second kappa shape index (κ2) is 10.3. The van der Waals surface area contributed by atoms with Gasteiger partial charge in [0.1, 0.15) is 5.15 Å². The van der Waals surface area contributed by atoms with E-state index in [0.717, 1.165) is 25.2 Å². The van der Waals surface area contributed by atoms with Crippen LogP contribution in [0, 0.1) is 28.1 Å². The molecule has 4 aliphatic rings. The Kier molecular flexibility index (Phi) is 6.92. The average molecular weight is 627 g/mol.